The summed E-state index contributed by atoms with van der Waals surface area (Å²) in [5.41, 5.74) is 5.19. The van der Waals surface area contributed by atoms with E-state index in [0.29, 0.717) is 32.9 Å². The third-order valence-electron chi connectivity index (χ3n) is 6.92. The molecule has 2 aromatic heterocycles. The van der Waals surface area contributed by atoms with Gasteiger partial charge in [0.2, 0.25) is 0 Å². The Labute approximate surface area is 243 Å². The number of ether oxygens (including phenoxy) is 1. The molecule has 0 amide bonds. The number of rotatable bonds is 4. The molecule has 0 aliphatic carbocycles. The smallest absolute Gasteiger partial charge is 0.179 e. The van der Waals surface area contributed by atoms with Gasteiger partial charge in [0.05, 0.1) is 40.5 Å². The summed E-state index contributed by atoms with van der Waals surface area (Å²) in [6.07, 6.45) is 0. The van der Waals surface area contributed by atoms with Crippen molar-refractivity contribution >= 4 is 62.1 Å². The first-order chi connectivity index (χ1) is 19.5. The molecule has 3 aromatic carbocycles. The van der Waals surface area contributed by atoms with Gasteiger partial charge < -0.3 is 19.4 Å². The highest BCUT2D eigenvalue weighted by Gasteiger charge is 2.42. The van der Waals surface area contributed by atoms with E-state index in [9.17, 15) is 0 Å². The SMILES string of the molecule is COc1ccc(NC2=Nc3ccccc3N3C2=Nc2c(c(C)nn2-c2ccccc2)[C@H]3c2ccc(Br)o2)cc1Cl. The number of halogens is 2. The lowest BCUT2D eigenvalue weighted by atomic mass is 9.98. The zero-order valence-corrected chi connectivity index (χ0v) is 23.8. The number of nitrogens with zero attached hydrogens (tertiary/aromatic N) is 5. The zero-order chi connectivity index (χ0) is 27.4. The molecular weight excluding hydrogens is 592 g/mol. The largest absolute Gasteiger partial charge is 0.495 e. The predicted octanol–water partition coefficient (Wildman–Crippen LogP) is 7.99. The summed E-state index contributed by atoms with van der Waals surface area (Å²) in [6, 6.07) is 27.0. The minimum Gasteiger partial charge on any atom is -0.495 e. The number of furan rings is 1. The highest BCUT2D eigenvalue weighted by atomic mass is 79.9. The molecule has 0 saturated carbocycles. The van der Waals surface area contributed by atoms with E-state index in [0.717, 1.165) is 39.8 Å². The van der Waals surface area contributed by atoms with E-state index in [1.54, 1.807) is 7.11 Å². The Morgan fingerprint density at radius 2 is 1.77 bits per heavy atom. The first-order valence-electron chi connectivity index (χ1n) is 12.6. The molecule has 198 valence electrons. The molecular formula is C30H22BrClN6O2. The zero-order valence-electron chi connectivity index (χ0n) is 21.5. The summed E-state index contributed by atoms with van der Waals surface area (Å²) in [5, 5.41) is 8.88. The van der Waals surface area contributed by atoms with Gasteiger partial charge in [0.25, 0.3) is 0 Å². The van der Waals surface area contributed by atoms with Gasteiger partial charge in [-0.3, -0.25) is 0 Å². The number of aryl methyl sites for hydroxylation is 1. The highest BCUT2D eigenvalue weighted by Crippen LogP contribution is 2.48. The van der Waals surface area contributed by atoms with Crippen LogP contribution in [0.1, 0.15) is 23.1 Å². The number of benzene rings is 3. The van der Waals surface area contributed by atoms with E-state index in [4.69, 9.17) is 35.8 Å². The molecule has 7 rings (SSSR count). The third kappa shape index (κ3) is 4.01. The maximum Gasteiger partial charge on any atom is 0.179 e. The number of para-hydroxylation sites is 3. The lowest BCUT2D eigenvalue weighted by molar-refractivity contribution is 0.415. The van der Waals surface area contributed by atoms with Crippen molar-refractivity contribution < 1.29 is 9.15 Å². The fraction of sp³-hybridized carbons (Fsp3) is 0.100. The number of hydrogen-bond acceptors (Lipinski definition) is 7. The van der Waals surface area contributed by atoms with Crippen LogP contribution in [0.5, 0.6) is 5.75 Å². The molecule has 0 fully saturated rings. The molecule has 0 unspecified atom stereocenters. The molecule has 0 saturated heterocycles. The molecule has 2 aliphatic heterocycles. The molecule has 1 atom stereocenters. The number of amidine groups is 2. The Balaban J connectivity index is 1.47. The second-order valence-electron chi connectivity index (χ2n) is 9.34. The number of aromatic nitrogens is 2. The fourth-order valence-corrected chi connectivity index (χ4v) is 5.75. The van der Waals surface area contributed by atoms with Crippen LogP contribution < -0.4 is 15.0 Å². The van der Waals surface area contributed by atoms with Gasteiger partial charge in [0.1, 0.15) is 17.6 Å². The van der Waals surface area contributed by atoms with Gasteiger partial charge in [-0.25, -0.2) is 14.7 Å². The summed E-state index contributed by atoms with van der Waals surface area (Å²) >= 11 is 9.95. The normalized spacial score (nSPS) is 15.5. The molecule has 0 bridgehead atoms. The molecule has 1 N–H and O–H groups in total. The minimum atomic E-state index is -0.348. The monoisotopic (exact) mass is 612 g/mol. The third-order valence-corrected chi connectivity index (χ3v) is 7.64. The predicted molar refractivity (Wildman–Crippen MR) is 161 cm³/mol. The standard InChI is InChI=1S/C30H22BrClN6O2/c1-17-26-27(24-14-15-25(31)40-24)37-22-11-7-6-10-21(22)34-28(33-18-12-13-23(39-2)20(32)16-18)30(37)35-29(26)38(36-17)19-8-4-3-5-9-19/h3-16,27H,1-2H3,(H,33,34)/t27-/m1/s1. The molecule has 2 aliphatic rings. The number of hydrogen-bond donors (Lipinski definition) is 1. The van der Waals surface area contributed by atoms with E-state index in [1.165, 1.54) is 0 Å². The van der Waals surface area contributed by atoms with Crippen molar-refractivity contribution in [3.63, 3.8) is 0 Å². The van der Waals surface area contributed by atoms with Crippen LogP contribution in [0.3, 0.4) is 0 Å². The fourth-order valence-electron chi connectivity index (χ4n) is 5.17. The number of methoxy groups -OCH3 is 1. The van der Waals surface area contributed by atoms with Crippen molar-refractivity contribution in [2.24, 2.45) is 9.98 Å². The van der Waals surface area contributed by atoms with Crippen LogP contribution in [-0.4, -0.2) is 28.6 Å². The number of fused-ring (bicyclic) bond motifs is 4. The van der Waals surface area contributed by atoms with Crippen LogP contribution in [0.25, 0.3) is 5.69 Å². The van der Waals surface area contributed by atoms with E-state index in [1.807, 2.05) is 96.5 Å². The summed E-state index contributed by atoms with van der Waals surface area (Å²) < 4.78 is 14.1. The molecule has 0 spiro atoms. The topological polar surface area (TPSA) is 80.2 Å². The Kier molecular flexibility index (Phi) is 5.98. The van der Waals surface area contributed by atoms with Crippen molar-refractivity contribution in [3.8, 4) is 11.4 Å². The van der Waals surface area contributed by atoms with Crippen LogP contribution in [-0.2, 0) is 0 Å². The summed E-state index contributed by atoms with van der Waals surface area (Å²) in [6.45, 7) is 2.01. The summed E-state index contributed by atoms with van der Waals surface area (Å²) in [4.78, 5) is 12.4. The minimum absolute atomic E-state index is 0.348. The van der Waals surface area contributed by atoms with E-state index in [-0.39, 0.29) is 6.04 Å². The summed E-state index contributed by atoms with van der Waals surface area (Å²) in [5.74, 6) is 3.26. The van der Waals surface area contributed by atoms with Gasteiger partial charge in [-0.1, -0.05) is 41.9 Å². The molecule has 10 heteroatoms. The molecule has 0 radical (unpaired) electrons. The Hall–Kier alpha value is -4.34. The van der Waals surface area contributed by atoms with Crippen LogP contribution in [0.2, 0.25) is 5.02 Å². The van der Waals surface area contributed by atoms with Crippen LogP contribution >= 0.6 is 27.5 Å². The van der Waals surface area contributed by atoms with E-state index in [2.05, 4.69) is 26.1 Å². The molecule has 5 aromatic rings. The quantitative estimate of drug-likeness (QED) is 0.222. The van der Waals surface area contributed by atoms with E-state index >= 15 is 0 Å². The lowest BCUT2D eigenvalue weighted by Crippen LogP contribution is -2.46. The van der Waals surface area contributed by atoms with Gasteiger partial charge >= 0.3 is 0 Å². The van der Waals surface area contributed by atoms with Gasteiger partial charge in [0.15, 0.2) is 22.2 Å². The van der Waals surface area contributed by atoms with Gasteiger partial charge in [-0.15, -0.1) is 0 Å². The Morgan fingerprint density at radius 1 is 0.975 bits per heavy atom. The first-order valence-corrected chi connectivity index (χ1v) is 13.8. The highest BCUT2D eigenvalue weighted by molar-refractivity contribution is 9.10. The lowest BCUT2D eigenvalue weighted by Gasteiger charge is -2.39. The van der Waals surface area contributed by atoms with Crippen LogP contribution in [0.15, 0.2) is 104 Å². The molecule has 40 heavy (non-hydrogen) atoms. The van der Waals surface area contributed by atoms with Crippen LogP contribution in [0.4, 0.5) is 22.9 Å². The Morgan fingerprint density at radius 3 is 2.52 bits per heavy atom. The van der Waals surface area contributed by atoms with Crippen molar-refractivity contribution in [1.82, 2.24) is 9.78 Å². The van der Waals surface area contributed by atoms with Gasteiger partial charge in [-0.2, -0.15) is 5.10 Å². The maximum absolute atomic E-state index is 6.46. The number of anilines is 2. The molecule has 4 heterocycles. The summed E-state index contributed by atoms with van der Waals surface area (Å²) in [7, 11) is 1.59. The Bertz CT molecular complexity index is 1830. The van der Waals surface area contributed by atoms with Crippen molar-refractivity contribution in [2.75, 3.05) is 17.3 Å². The second kappa shape index (κ2) is 9.69. The first kappa shape index (κ1) is 24.7. The van der Waals surface area contributed by atoms with Gasteiger partial charge in [0, 0.05) is 5.69 Å². The second-order valence-corrected chi connectivity index (χ2v) is 10.5. The van der Waals surface area contributed by atoms with Crippen molar-refractivity contribution in [2.45, 2.75) is 13.0 Å². The van der Waals surface area contributed by atoms with Crippen LogP contribution in [0, 0.1) is 6.92 Å². The van der Waals surface area contributed by atoms with Gasteiger partial charge in [-0.05, 0) is 77.5 Å². The average Bonchev–Trinajstić information content (AvgIpc) is 3.55. The number of nitrogens with one attached hydrogen (secondary N) is 1. The van der Waals surface area contributed by atoms with Crippen molar-refractivity contribution in [3.05, 3.63) is 112 Å². The van der Waals surface area contributed by atoms with E-state index < -0.39 is 0 Å². The molecule has 8 nitrogen and oxygen atoms in total. The number of aliphatic imine (C=N–C) groups is 2. The van der Waals surface area contributed by atoms with Crippen molar-refractivity contribution in [1.29, 1.82) is 0 Å². The maximum atomic E-state index is 6.46. The average molecular weight is 614 g/mol.